The molecule has 0 aliphatic rings. The molecule has 1 aromatic heterocycles. The summed E-state index contributed by atoms with van der Waals surface area (Å²) < 4.78 is 6.73. The van der Waals surface area contributed by atoms with E-state index in [-0.39, 0.29) is 0 Å². The van der Waals surface area contributed by atoms with Gasteiger partial charge in [0, 0.05) is 22.4 Å². The maximum Gasteiger partial charge on any atom is 0.133 e. The monoisotopic (exact) mass is 263 g/mol. The highest BCUT2D eigenvalue weighted by atomic mass is 79.9. The number of nitrogens with zero attached hydrogens (tertiary/aromatic N) is 1. The Kier molecular flexibility index (Phi) is 3.02. The number of aromatic nitrogens is 1. The number of ether oxygens (including phenoxy) is 1. The van der Waals surface area contributed by atoms with Gasteiger partial charge >= 0.3 is 0 Å². The first-order valence-electron chi connectivity index (χ1n) is 4.60. The largest absolute Gasteiger partial charge is 0.457 e. The van der Waals surface area contributed by atoms with Crippen LogP contribution in [0.15, 0.2) is 47.2 Å². The first-order chi connectivity index (χ1) is 7.25. The maximum atomic E-state index is 5.72. The lowest BCUT2D eigenvalue weighted by molar-refractivity contribution is 0.477. The van der Waals surface area contributed by atoms with Gasteiger partial charge in [0.1, 0.15) is 11.5 Å². The fraction of sp³-hybridized carbons (Fsp3) is 0.0833. The second-order valence-electron chi connectivity index (χ2n) is 3.20. The van der Waals surface area contributed by atoms with Crippen molar-refractivity contribution < 1.29 is 4.74 Å². The Morgan fingerprint density at radius 3 is 2.87 bits per heavy atom. The Morgan fingerprint density at radius 2 is 2.13 bits per heavy atom. The molecule has 0 atom stereocenters. The molecular weight excluding hydrogens is 254 g/mol. The molecule has 2 aromatic rings. The molecule has 76 valence electrons. The van der Waals surface area contributed by atoms with Crippen LogP contribution in [-0.2, 0) is 0 Å². The lowest BCUT2D eigenvalue weighted by Crippen LogP contribution is -1.87. The molecule has 0 fully saturated rings. The molecule has 1 heterocycles. The van der Waals surface area contributed by atoms with Crippen molar-refractivity contribution in [2.75, 3.05) is 0 Å². The fourth-order valence-electron chi connectivity index (χ4n) is 1.23. The van der Waals surface area contributed by atoms with Crippen molar-refractivity contribution >= 4 is 15.9 Å². The Bertz CT molecular complexity index is 471. The lowest BCUT2D eigenvalue weighted by Gasteiger charge is -2.07. The van der Waals surface area contributed by atoms with Crippen molar-refractivity contribution in [2.24, 2.45) is 0 Å². The van der Waals surface area contributed by atoms with Crippen LogP contribution < -0.4 is 4.74 Å². The molecule has 15 heavy (non-hydrogen) atoms. The van der Waals surface area contributed by atoms with E-state index in [1.54, 1.807) is 12.4 Å². The van der Waals surface area contributed by atoms with Crippen molar-refractivity contribution in [3.05, 3.63) is 52.8 Å². The summed E-state index contributed by atoms with van der Waals surface area (Å²) in [6, 6.07) is 9.61. The van der Waals surface area contributed by atoms with E-state index in [2.05, 4.69) is 20.9 Å². The first kappa shape index (κ1) is 10.2. The molecule has 0 aliphatic carbocycles. The van der Waals surface area contributed by atoms with Gasteiger partial charge in [0.15, 0.2) is 0 Å². The maximum absolute atomic E-state index is 5.72. The number of pyridine rings is 1. The molecule has 1 aromatic carbocycles. The highest BCUT2D eigenvalue weighted by Crippen LogP contribution is 2.25. The summed E-state index contributed by atoms with van der Waals surface area (Å²) >= 11 is 3.40. The standard InChI is InChI=1S/C12H10BrNO/c1-9-8-14-6-5-12(9)15-11-4-2-3-10(13)7-11/h2-8H,1H3. The molecule has 0 bridgehead atoms. The van der Waals surface area contributed by atoms with Gasteiger partial charge in [-0.2, -0.15) is 0 Å². The third kappa shape index (κ3) is 2.57. The summed E-state index contributed by atoms with van der Waals surface area (Å²) in [6.07, 6.45) is 3.51. The zero-order valence-corrected chi connectivity index (χ0v) is 9.86. The molecule has 0 radical (unpaired) electrons. The Morgan fingerprint density at radius 1 is 1.27 bits per heavy atom. The van der Waals surface area contributed by atoms with Crippen molar-refractivity contribution in [1.29, 1.82) is 0 Å². The molecule has 0 saturated carbocycles. The number of benzene rings is 1. The van der Waals surface area contributed by atoms with Crippen LogP contribution in [0.2, 0.25) is 0 Å². The van der Waals surface area contributed by atoms with Crippen molar-refractivity contribution in [2.45, 2.75) is 6.92 Å². The van der Waals surface area contributed by atoms with Crippen LogP contribution in [0.3, 0.4) is 0 Å². The van der Waals surface area contributed by atoms with Crippen molar-refractivity contribution in [1.82, 2.24) is 4.98 Å². The number of hydrogen-bond acceptors (Lipinski definition) is 2. The minimum Gasteiger partial charge on any atom is -0.457 e. The Balaban J connectivity index is 2.26. The van der Waals surface area contributed by atoms with Gasteiger partial charge in [0.2, 0.25) is 0 Å². The third-order valence-corrected chi connectivity index (χ3v) is 2.49. The third-order valence-electron chi connectivity index (χ3n) is 1.99. The van der Waals surface area contributed by atoms with Crippen LogP contribution in [-0.4, -0.2) is 4.98 Å². The van der Waals surface area contributed by atoms with Crippen LogP contribution >= 0.6 is 15.9 Å². The van der Waals surface area contributed by atoms with Gasteiger partial charge in [-0.1, -0.05) is 22.0 Å². The molecule has 2 nitrogen and oxygen atoms in total. The van der Waals surface area contributed by atoms with Crippen LogP contribution in [0, 0.1) is 6.92 Å². The van der Waals surface area contributed by atoms with E-state index < -0.39 is 0 Å². The summed E-state index contributed by atoms with van der Waals surface area (Å²) in [7, 11) is 0. The van der Waals surface area contributed by atoms with Gasteiger partial charge in [0.05, 0.1) is 0 Å². The lowest BCUT2D eigenvalue weighted by atomic mass is 10.3. The van der Waals surface area contributed by atoms with Crippen molar-refractivity contribution in [3.63, 3.8) is 0 Å². The smallest absolute Gasteiger partial charge is 0.133 e. The van der Waals surface area contributed by atoms with Crippen LogP contribution in [0.5, 0.6) is 11.5 Å². The van der Waals surface area contributed by atoms with Crippen molar-refractivity contribution in [3.8, 4) is 11.5 Å². The second kappa shape index (κ2) is 4.45. The van der Waals surface area contributed by atoms with E-state index in [1.807, 2.05) is 37.3 Å². The van der Waals surface area contributed by atoms with E-state index >= 15 is 0 Å². The molecule has 0 saturated heterocycles. The molecule has 0 spiro atoms. The minimum absolute atomic E-state index is 0.818. The predicted octanol–water partition coefficient (Wildman–Crippen LogP) is 3.94. The molecule has 0 aliphatic heterocycles. The van der Waals surface area contributed by atoms with Crippen LogP contribution in [0.1, 0.15) is 5.56 Å². The molecule has 2 rings (SSSR count). The van der Waals surface area contributed by atoms with Gasteiger partial charge in [-0.25, -0.2) is 0 Å². The average molecular weight is 264 g/mol. The summed E-state index contributed by atoms with van der Waals surface area (Å²) in [4.78, 5) is 4.01. The zero-order valence-electron chi connectivity index (χ0n) is 8.27. The Labute approximate surface area is 97.1 Å². The summed E-state index contributed by atoms with van der Waals surface area (Å²) in [5.41, 5.74) is 1.03. The van der Waals surface area contributed by atoms with Gasteiger partial charge < -0.3 is 4.74 Å². The van der Waals surface area contributed by atoms with E-state index in [0.29, 0.717) is 0 Å². The van der Waals surface area contributed by atoms with E-state index in [1.165, 1.54) is 0 Å². The topological polar surface area (TPSA) is 22.1 Å². The zero-order chi connectivity index (χ0) is 10.7. The molecule has 3 heteroatoms. The van der Waals surface area contributed by atoms with Gasteiger partial charge in [-0.3, -0.25) is 4.98 Å². The fourth-order valence-corrected chi connectivity index (χ4v) is 1.61. The first-order valence-corrected chi connectivity index (χ1v) is 5.39. The van der Waals surface area contributed by atoms with Crippen LogP contribution in [0.4, 0.5) is 0 Å². The van der Waals surface area contributed by atoms with Crippen LogP contribution in [0.25, 0.3) is 0 Å². The van der Waals surface area contributed by atoms with E-state index in [0.717, 1.165) is 21.5 Å². The number of hydrogen-bond donors (Lipinski definition) is 0. The SMILES string of the molecule is Cc1cnccc1Oc1cccc(Br)c1. The van der Waals surface area contributed by atoms with Gasteiger partial charge in [-0.15, -0.1) is 0 Å². The van der Waals surface area contributed by atoms with E-state index in [4.69, 9.17) is 4.74 Å². The summed E-state index contributed by atoms with van der Waals surface area (Å²) in [5, 5.41) is 0. The number of aryl methyl sites for hydroxylation is 1. The minimum atomic E-state index is 0.818. The predicted molar refractivity (Wildman–Crippen MR) is 63.2 cm³/mol. The molecule has 0 amide bonds. The Hall–Kier alpha value is -1.35. The second-order valence-corrected chi connectivity index (χ2v) is 4.12. The normalized spacial score (nSPS) is 10.0. The highest BCUT2D eigenvalue weighted by molar-refractivity contribution is 9.10. The molecule has 0 unspecified atom stereocenters. The molecular formula is C12H10BrNO. The highest BCUT2D eigenvalue weighted by Gasteiger charge is 2.00. The average Bonchev–Trinajstić information content (AvgIpc) is 2.22. The molecule has 0 N–H and O–H groups in total. The number of rotatable bonds is 2. The summed E-state index contributed by atoms with van der Waals surface area (Å²) in [5.74, 6) is 1.65. The number of halogens is 1. The van der Waals surface area contributed by atoms with E-state index in [9.17, 15) is 0 Å². The van der Waals surface area contributed by atoms with Gasteiger partial charge in [-0.05, 0) is 31.2 Å². The van der Waals surface area contributed by atoms with Gasteiger partial charge in [0.25, 0.3) is 0 Å². The summed E-state index contributed by atoms with van der Waals surface area (Å²) in [6.45, 7) is 1.97. The quantitative estimate of drug-likeness (QED) is 0.819.